The number of ether oxygens (including phenoxy) is 2. The quantitative estimate of drug-likeness (QED) is 0.555. The van der Waals surface area contributed by atoms with Crippen LogP contribution in [-0.4, -0.2) is 44.6 Å². The zero-order chi connectivity index (χ0) is 20.5. The molecule has 1 amide bonds. The standard InChI is InChI=1S/C22H19N5O3/c1-26(13-15-3-6-17(7-4-15)27-10-2-9-23-27)22(28)19-12-18(24-25-19)16-5-8-20-21(11-16)30-14-29-20/h2-12H,13-14H2,1H3,(H,24,25). The Morgan fingerprint density at radius 3 is 2.77 bits per heavy atom. The summed E-state index contributed by atoms with van der Waals surface area (Å²) in [6, 6.07) is 17.2. The molecule has 0 saturated heterocycles. The van der Waals surface area contributed by atoms with Crippen LogP contribution in [0.5, 0.6) is 11.5 Å². The molecule has 8 heteroatoms. The second kappa shape index (κ2) is 7.40. The number of hydrogen-bond donors (Lipinski definition) is 1. The summed E-state index contributed by atoms with van der Waals surface area (Å²) >= 11 is 0. The second-order valence-corrected chi connectivity index (χ2v) is 7.01. The van der Waals surface area contributed by atoms with Crippen molar-refractivity contribution in [3.8, 4) is 28.4 Å². The Balaban J connectivity index is 1.28. The van der Waals surface area contributed by atoms with Gasteiger partial charge in [-0.15, -0.1) is 0 Å². The molecule has 0 saturated carbocycles. The van der Waals surface area contributed by atoms with Crippen LogP contribution in [0.25, 0.3) is 16.9 Å². The highest BCUT2D eigenvalue weighted by molar-refractivity contribution is 5.93. The van der Waals surface area contributed by atoms with Crippen LogP contribution in [0.3, 0.4) is 0 Å². The molecule has 2 aromatic heterocycles. The van der Waals surface area contributed by atoms with Gasteiger partial charge < -0.3 is 14.4 Å². The molecule has 1 aliphatic rings. The molecule has 0 fully saturated rings. The predicted molar refractivity (Wildman–Crippen MR) is 110 cm³/mol. The van der Waals surface area contributed by atoms with Crippen molar-refractivity contribution in [3.63, 3.8) is 0 Å². The molecule has 2 aromatic carbocycles. The Labute approximate surface area is 172 Å². The van der Waals surface area contributed by atoms with E-state index >= 15 is 0 Å². The zero-order valence-electron chi connectivity index (χ0n) is 16.3. The van der Waals surface area contributed by atoms with Crippen LogP contribution in [0, 0.1) is 0 Å². The van der Waals surface area contributed by atoms with E-state index in [1.165, 1.54) is 0 Å². The molecule has 0 aliphatic carbocycles. The molecule has 0 bridgehead atoms. The molecule has 0 radical (unpaired) electrons. The average molecular weight is 401 g/mol. The molecule has 0 atom stereocenters. The zero-order valence-corrected chi connectivity index (χ0v) is 16.3. The van der Waals surface area contributed by atoms with Crippen molar-refractivity contribution in [1.29, 1.82) is 0 Å². The highest BCUT2D eigenvalue weighted by atomic mass is 16.7. The van der Waals surface area contributed by atoms with E-state index < -0.39 is 0 Å². The fourth-order valence-electron chi connectivity index (χ4n) is 3.36. The first-order chi connectivity index (χ1) is 14.7. The first-order valence-electron chi connectivity index (χ1n) is 9.47. The van der Waals surface area contributed by atoms with E-state index in [4.69, 9.17) is 9.47 Å². The SMILES string of the molecule is CN(Cc1ccc(-n2cccn2)cc1)C(=O)c1cc(-c2ccc3c(c2)OCO3)n[nH]1. The normalized spacial score (nSPS) is 12.2. The van der Waals surface area contributed by atoms with Gasteiger partial charge in [-0.05, 0) is 48.0 Å². The van der Waals surface area contributed by atoms with Gasteiger partial charge in [0.25, 0.3) is 5.91 Å². The van der Waals surface area contributed by atoms with Crippen molar-refractivity contribution >= 4 is 5.91 Å². The van der Waals surface area contributed by atoms with Crippen LogP contribution in [-0.2, 0) is 6.54 Å². The maximum Gasteiger partial charge on any atom is 0.271 e. The number of nitrogens with zero attached hydrogens (tertiary/aromatic N) is 4. The van der Waals surface area contributed by atoms with Gasteiger partial charge >= 0.3 is 0 Å². The first-order valence-corrected chi connectivity index (χ1v) is 9.47. The number of amides is 1. The lowest BCUT2D eigenvalue weighted by atomic mass is 10.1. The number of benzene rings is 2. The number of hydrogen-bond acceptors (Lipinski definition) is 5. The fraction of sp³-hybridized carbons (Fsp3) is 0.136. The van der Waals surface area contributed by atoms with Gasteiger partial charge in [0.2, 0.25) is 6.79 Å². The molecular weight excluding hydrogens is 382 g/mol. The molecular formula is C22H19N5O3. The minimum Gasteiger partial charge on any atom is -0.454 e. The number of rotatable bonds is 5. The van der Waals surface area contributed by atoms with Gasteiger partial charge in [-0.1, -0.05) is 12.1 Å². The molecule has 30 heavy (non-hydrogen) atoms. The van der Waals surface area contributed by atoms with Gasteiger partial charge in [-0.2, -0.15) is 10.2 Å². The molecule has 1 N–H and O–H groups in total. The lowest BCUT2D eigenvalue weighted by Crippen LogP contribution is -2.26. The number of carbonyl (C=O) groups is 1. The monoisotopic (exact) mass is 401 g/mol. The molecule has 3 heterocycles. The summed E-state index contributed by atoms with van der Waals surface area (Å²) in [5.41, 5.74) is 3.95. The second-order valence-electron chi connectivity index (χ2n) is 7.01. The number of aromatic nitrogens is 4. The first kappa shape index (κ1) is 18.0. The largest absolute Gasteiger partial charge is 0.454 e. The van der Waals surface area contributed by atoms with Gasteiger partial charge in [-0.3, -0.25) is 9.89 Å². The third kappa shape index (κ3) is 3.39. The van der Waals surface area contributed by atoms with Crippen molar-refractivity contribution in [2.24, 2.45) is 0 Å². The minimum atomic E-state index is -0.134. The molecule has 0 spiro atoms. The van der Waals surface area contributed by atoms with Gasteiger partial charge in [0.1, 0.15) is 5.69 Å². The van der Waals surface area contributed by atoms with E-state index in [2.05, 4.69) is 15.3 Å². The maximum absolute atomic E-state index is 12.8. The average Bonchev–Trinajstić information content (AvgIpc) is 3.54. The van der Waals surface area contributed by atoms with Crippen LogP contribution >= 0.6 is 0 Å². The summed E-state index contributed by atoms with van der Waals surface area (Å²) in [7, 11) is 1.77. The fourth-order valence-corrected chi connectivity index (χ4v) is 3.36. The Morgan fingerprint density at radius 1 is 1.13 bits per heavy atom. The van der Waals surface area contributed by atoms with Crippen LogP contribution in [0.15, 0.2) is 67.0 Å². The van der Waals surface area contributed by atoms with Crippen molar-refractivity contribution < 1.29 is 14.3 Å². The van der Waals surface area contributed by atoms with Gasteiger partial charge in [0.15, 0.2) is 11.5 Å². The predicted octanol–water partition coefficient (Wildman–Crippen LogP) is 3.26. The van der Waals surface area contributed by atoms with Gasteiger partial charge in [0, 0.05) is 31.5 Å². The summed E-state index contributed by atoms with van der Waals surface area (Å²) in [6.45, 7) is 0.702. The molecule has 4 aromatic rings. The van der Waals surface area contributed by atoms with Crippen LogP contribution in [0.4, 0.5) is 0 Å². The van der Waals surface area contributed by atoms with Crippen LogP contribution in [0.1, 0.15) is 16.1 Å². The van der Waals surface area contributed by atoms with E-state index in [9.17, 15) is 4.79 Å². The number of aromatic amines is 1. The van der Waals surface area contributed by atoms with Crippen LogP contribution < -0.4 is 9.47 Å². The molecule has 1 aliphatic heterocycles. The summed E-state index contributed by atoms with van der Waals surface area (Å²) in [6.07, 6.45) is 3.63. The third-order valence-corrected chi connectivity index (χ3v) is 4.95. The Hall–Kier alpha value is -4.07. The minimum absolute atomic E-state index is 0.134. The topological polar surface area (TPSA) is 85.3 Å². The molecule has 0 unspecified atom stereocenters. The maximum atomic E-state index is 12.8. The lowest BCUT2D eigenvalue weighted by Gasteiger charge is -2.16. The Morgan fingerprint density at radius 2 is 1.97 bits per heavy atom. The van der Waals surface area contributed by atoms with E-state index in [1.807, 2.05) is 54.7 Å². The number of carbonyl (C=O) groups excluding carboxylic acids is 1. The van der Waals surface area contributed by atoms with E-state index in [1.54, 1.807) is 28.9 Å². The Kier molecular flexibility index (Phi) is 4.44. The summed E-state index contributed by atoms with van der Waals surface area (Å²) < 4.78 is 12.5. The lowest BCUT2D eigenvalue weighted by molar-refractivity contribution is 0.0779. The molecule has 5 rings (SSSR count). The number of nitrogens with one attached hydrogen (secondary N) is 1. The smallest absolute Gasteiger partial charge is 0.271 e. The van der Waals surface area contributed by atoms with Gasteiger partial charge in [0.05, 0.1) is 11.4 Å². The van der Waals surface area contributed by atoms with Gasteiger partial charge in [-0.25, -0.2) is 4.68 Å². The van der Waals surface area contributed by atoms with Crippen molar-refractivity contribution in [1.82, 2.24) is 24.9 Å². The van der Waals surface area contributed by atoms with Crippen molar-refractivity contribution in [2.45, 2.75) is 6.54 Å². The summed E-state index contributed by atoms with van der Waals surface area (Å²) in [4.78, 5) is 14.5. The summed E-state index contributed by atoms with van der Waals surface area (Å²) in [5, 5.41) is 11.3. The molecule has 150 valence electrons. The van der Waals surface area contributed by atoms with Crippen LogP contribution in [0.2, 0.25) is 0 Å². The molecule has 8 nitrogen and oxygen atoms in total. The third-order valence-electron chi connectivity index (χ3n) is 4.95. The van der Waals surface area contributed by atoms with Crippen molar-refractivity contribution in [3.05, 3.63) is 78.2 Å². The van der Waals surface area contributed by atoms with Crippen molar-refractivity contribution in [2.75, 3.05) is 13.8 Å². The Bertz CT molecular complexity index is 1180. The number of fused-ring (bicyclic) bond motifs is 1. The van der Waals surface area contributed by atoms with E-state index in [0.29, 0.717) is 29.4 Å². The van der Waals surface area contributed by atoms with E-state index in [-0.39, 0.29) is 12.7 Å². The number of H-pyrrole nitrogens is 1. The highest BCUT2D eigenvalue weighted by Crippen LogP contribution is 2.35. The summed E-state index contributed by atoms with van der Waals surface area (Å²) in [5.74, 6) is 1.26. The highest BCUT2D eigenvalue weighted by Gasteiger charge is 2.18. The van der Waals surface area contributed by atoms with E-state index in [0.717, 1.165) is 16.8 Å².